The second kappa shape index (κ2) is 12.7. The first kappa shape index (κ1) is 27.9. The van der Waals surface area contributed by atoms with Gasteiger partial charge in [0.05, 0.1) is 20.8 Å². The van der Waals surface area contributed by atoms with E-state index in [0.29, 0.717) is 12.0 Å². The minimum absolute atomic E-state index is 0.247. The fraction of sp³-hybridized carbons (Fsp3) is 0.273. The Labute approximate surface area is 236 Å². The molecule has 0 aliphatic carbocycles. The third-order valence-electron chi connectivity index (χ3n) is 7.71. The Morgan fingerprint density at radius 1 is 0.725 bits per heavy atom. The number of ether oxygens (including phenoxy) is 3. The lowest BCUT2D eigenvalue weighted by atomic mass is 9.76. The molecule has 1 heterocycles. The highest BCUT2D eigenvalue weighted by molar-refractivity contribution is 6.59. The van der Waals surface area contributed by atoms with E-state index in [2.05, 4.69) is 17.0 Å². The average Bonchev–Trinajstić information content (AvgIpc) is 3.52. The van der Waals surface area contributed by atoms with Crippen LogP contribution in [-0.2, 0) is 23.5 Å². The van der Waals surface area contributed by atoms with E-state index in [1.54, 1.807) is 14.2 Å². The van der Waals surface area contributed by atoms with Gasteiger partial charge < -0.3 is 24.3 Å². The highest BCUT2D eigenvalue weighted by atomic mass is 16.5. The molecule has 4 aromatic carbocycles. The van der Waals surface area contributed by atoms with Crippen molar-refractivity contribution in [2.75, 3.05) is 27.3 Å². The maximum atomic E-state index is 10.2. The van der Waals surface area contributed by atoms with E-state index >= 15 is 0 Å². The van der Waals surface area contributed by atoms with Crippen LogP contribution in [-0.4, -0.2) is 49.4 Å². The van der Waals surface area contributed by atoms with Gasteiger partial charge in [-0.05, 0) is 83.5 Å². The molecule has 1 saturated heterocycles. The van der Waals surface area contributed by atoms with Gasteiger partial charge in [0.25, 0.3) is 0 Å². The van der Waals surface area contributed by atoms with Crippen LogP contribution in [0.15, 0.2) is 97.1 Å². The molecule has 0 saturated carbocycles. The zero-order valence-electron chi connectivity index (χ0n) is 23.1. The van der Waals surface area contributed by atoms with Crippen LogP contribution < -0.4 is 14.9 Å². The Kier molecular flexibility index (Phi) is 8.87. The van der Waals surface area contributed by atoms with Crippen molar-refractivity contribution in [3.63, 3.8) is 0 Å². The predicted octanol–water partition coefficient (Wildman–Crippen LogP) is 4.49. The summed E-state index contributed by atoms with van der Waals surface area (Å²) in [5, 5.41) is 20.5. The second-order valence-corrected chi connectivity index (χ2v) is 10.2. The molecular weight excluding hydrogens is 501 g/mol. The minimum Gasteiger partial charge on any atom is -0.497 e. The second-order valence-electron chi connectivity index (χ2n) is 10.2. The van der Waals surface area contributed by atoms with Gasteiger partial charge in [0, 0.05) is 6.54 Å². The van der Waals surface area contributed by atoms with Gasteiger partial charge in [0.2, 0.25) is 0 Å². The van der Waals surface area contributed by atoms with E-state index in [1.807, 2.05) is 84.9 Å². The summed E-state index contributed by atoms with van der Waals surface area (Å²) in [7, 11) is 1.75. The predicted molar refractivity (Wildman–Crippen MR) is 158 cm³/mol. The van der Waals surface area contributed by atoms with E-state index in [-0.39, 0.29) is 6.61 Å². The summed E-state index contributed by atoms with van der Waals surface area (Å²) >= 11 is 0. The summed E-state index contributed by atoms with van der Waals surface area (Å²) in [6, 6.07) is 31.9. The zero-order valence-corrected chi connectivity index (χ0v) is 23.1. The molecule has 1 aliphatic heterocycles. The molecule has 6 nitrogen and oxygen atoms in total. The maximum Gasteiger partial charge on any atom is 0.488 e. The molecule has 0 amide bonds. The Hall–Kier alpha value is -3.62. The molecule has 0 bridgehead atoms. The van der Waals surface area contributed by atoms with Gasteiger partial charge in [0.15, 0.2) is 0 Å². The minimum atomic E-state index is -1.56. The molecule has 2 N–H and O–H groups in total. The first-order valence-corrected chi connectivity index (χ1v) is 13.7. The number of nitrogens with zero attached hydrogens (tertiary/aromatic N) is 1. The van der Waals surface area contributed by atoms with Crippen LogP contribution in [0.5, 0.6) is 11.5 Å². The molecule has 0 aromatic heterocycles. The van der Waals surface area contributed by atoms with Gasteiger partial charge in [-0.2, -0.15) is 0 Å². The number of methoxy groups -OCH3 is 2. The van der Waals surface area contributed by atoms with Crippen molar-refractivity contribution in [2.24, 2.45) is 0 Å². The van der Waals surface area contributed by atoms with Crippen molar-refractivity contribution in [3.05, 3.63) is 125 Å². The van der Waals surface area contributed by atoms with Crippen LogP contribution in [0.3, 0.4) is 0 Å². The number of rotatable bonds is 11. The summed E-state index contributed by atoms with van der Waals surface area (Å²) in [6.07, 6.45) is 2.36. The fourth-order valence-electron chi connectivity index (χ4n) is 5.57. The summed E-state index contributed by atoms with van der Waals surface area (Å²) in [4.78, 5) is 2.35. The van der Waals surface area contributed by atoms with E-state index < -0.39 is 12.7 Å². The Morgan fingerprint density at radius 3 is 1.80 bits per heavy atom. The number of likely N-dealkylation sites (tertiary alicyclic amines) is 1. The van der Waals surface area contributed by atoms with Crippen LogP contribution >= 0.6 is 0 Å². The molecule has 7 heteroatoms. The third kappa shape index (κ3) is 5.93. The van der Waals surface area contributed by atoms with Crippen LogP contribution in [0.2, 0.25) is 0 Å². The van der Waals surface area contributed by atoms with Crippen molar-refractivity contribution < 1.29 is 24.3 Å². The average molecular weight is 537 g/mol. The Bertz CT molecular complexity index is 1320. The molecule has 40 heavy (non-hydrogen) atoms. The maximum absolute atomic E-state index is 10.2. The number of hydrogen-bond acceptors (Lipinski definition) is 6. The lowest BCUT2D eigenvalue weighted by Gasteiger charge is -2.36. The van der Waals surface area contributed by atoms with Gasteiger partial charge in [-0.3, -0.25) is 4.90 Å². The van der Waals surface area contributed by atoms with Crippen molar-refractivity contribution in [1.82, 2.24) is 4.90 Å². The standard InChI is InChI=1S/C33H36BNO5/c1-38-30-16-12-28(13-17-30)33(27-8-4-3-5-9-27,29-14-18-31(39-2)19-15-29)40-24-25-10-11-26(32(22-25)34(36)37)23-35-20-6-7-21-35/h3-5,8-19,22,36-37H,6-7,20-21,23-24H2,1-2H3. The molecule has 5 rings (SSSR count). The zero-order chi connectivity index (χ0) is 28.0. The molecular formula is C33H36BNO5. The van der Waals surface area contributed by atoms with Gasteiger partial charge in [-0.1, -0.05) is 72.8 Å². The Balaban J connectivity index is 1.56. The molecule has 206 valence electrons. The fourth-order valence-corrected chi connectivity index (χ4v) is 5.57. The van der Waals surface area contributed by atoms with Crippen molar-refractivity contribution in [3.8, 4) is 11.5 Å². The van der Waals surface area contributed by atoms with Crippen LogP contribution in [0.4, 0.5) is 0 Å². The monoisotopic (exact) mass is 537 g/mol. The molecule has 0 unspecified atom stereocenters. The highest BCUT2D eigenvalue weighted by Crippen LogP contribution is 2.42. The molecule has 0 atom stereocenters. The smallest absolute Gasteiger partial charge is 0.488 e. The van der Waals surface area contributed by atoms with Gasteiger partial charge in [-0.25, -0.2) is 0 Å². The molecule has 0 spiro atoms. The number of hydrogen-bond donors (Lipinski definition) is 2. The van der Waals surface area contributed by atoms with Crippen molar-refractivity contribution >= 4 is 12.6 Å². The summed E-state index contributed by atoms with van der Waals surface area (Å²) in [5.41, 5.74) is 4.21. The van der Waals surface area contributed by atoms with E-state index in [0.717, 1.165) is 52.4 Å². The topological polar surface area (TPSA) is 71.4 Å². The largest absolute Gasteiger partial charge is 0.497 e. The summed E-state index contributed by atoms with van der Waals surface area (Å²) in [6.45, 7) is 3.03. The summed E-state index contributed by atoms with van der Waals surface area (Å²) in [5.74, 6) is 1.52. The first-order valence-electron chi connectivity index (χ1n) is 13.7. The molecule has 1 fully saturated rings. The van der Waals surface area contributed by atoms with Crippen LogP contribution in [0.1, 0.15) is 40.7 Å². The lowest BCUT2D eigenvalue weighted by Crippen LogP contribution is -2.36. The SMILES string of the molecule is COc1ccc(C(OCc2ccc(CN3CCCC3)c(B(O)O)c2)(c2ccccc2)c2ccc(OC)cc2)cc1. The Morgan fingerprint density at radius 2 is 1.27 bits per heavy atom. The third-order valence-corrected chi connectivity index (χ3v) is 7.71. The highest BCUT2D eigenvalue weighted by Gasteiger charge is 2.38. The van der Waals surface area contributed by atoms with Crippen molar-refractivity contribution in [2.45, 2.75) is 31.6 Å². The summed E-state index contributed by atoms with van der Waals surface area (Å²) < 4.78 is 17.9. The first-order chi connectivity index (χ1) is 19.5. The lowest BCUT2D eigenvalue weighted by molar-refractivity contribution is 0.000211. The number of benzene rings is 4. The van der Waals surface area contributed by atoms with E-state index in [1.165, 1.54) is 12.8 Å². The normalized spacial score (nSPS) is 13.8. The molecule has 0 radical (unpaired) electrons. The van der Waals surface area contributed by atoms with Crippen LogP contribution in [0, 0.1) is 0 Å². The van der Waals surface area contributed by atoms with Gasteiger partial charge in [0.1, 0.15) is 17.1 Å². The quantitative estimate of drug-likeness (QED) is 0.217. The van der Waals surface area contributed by atoms with Gasteiger partial charge in [-0.15, -0.1) is 0 Å². The molecule has 4 aromatic rings. The molecule has 1 aliphatic rings. The van der Waals surface area contributed by atoms with Crippen molar-refractivity contribution in [1.29, 1.82) is 0 Å². The van der Waals surface area contributed by atoms with E-state index in [4.69, 9.17) is 14.2 Å². The van der Waals surface area contributed by atoms with Gasteiger partial charge >= 0.3 is 7.12 Å². The van der Waals surface area contributed by atoms with Crippen LogP contribution in [0.25, 0.3) is 0 Å². The van der Waals surface area contributed by atoms with E-state index in [9.17, 15) is 10.0 Å².